The predicted molar refractivity (Wildman–Crippen MR) is 133 cm³/mol. The summed E-state index contributed by atoms with van der Waals surface area (Å²) >= 11 is 0. The highest BCUT2D eigenvalue weighted by molar-refractivity contribution is 5.98. The first-order valence-corrected chi connectivity index (χ1v) is 12.2. The van der Waals surface area contributed by atoms with E-state index in [1.807, 2.05) is 13.0 Å². The van der Waals surface area contributed by atoms with E-state index < -0.39 is 30.8 Å². The molecule has 0 bridgehead atoms. The Morgan fingerprint density at radius 2 is 1.92 bits per heavy atom. The lowest BCUT2D eigenvalue weighted by atomic mass is 10.0. The first-order chi connectivity index (χ1) is 18.1. The average molecular weight is 530 g/mol. The number of halogens is 5. The van der Waals surface area contributed by atoms with Crippen LogP contribution >= 0.6 is 0 Å². The Kier molecular flexibility index (Phi) is 6.81. The van der Waals surface area contributed by atoms with Gasteiger partial charge in [-0.25, -0.2) is 9.37 Å². The number of nitrogens with zero attached hydrogens (tertiary/aromatic N) is 2. The standard InChI is InChI=1S/C28H24F5N3O2/c1-16-11-18(7-8-20(16)24(37)12-17-5-6-17)36-15-35-27-22(34-10-9-28(31,32)33)13-19(14-23(27)36)38-25-4-2-3-21(29)26(25)30/h2-4,7-8,11,13-15,17,34H,5-6,9-10,12H2,1H3. The van der Waals surface area contributed by atoms with Crippen LogP contribution in [0.5, 0.6) is 11.5 Å². The van der Waals surface area contributed by atoms with Crippen LogP contribution in [-0.4, -0.2) is 28.1 Å². The summed E-state index contributed by atoms with van der Waals surface area (Å²) in [6.07, 6.45) is -1.25. The molecule has 0 aliphatic heterocycles. The van der Waals surface area contributed by atoms with E-state index in [4.69, 9.17) is 4.74 Å². The third kappa shape index (κ3) is 5.64. The zero-order valence-corrected chi connectivity index (χ0v) is 20.4. The molecule has 0 unspecified atom stereocenters. The summed E-state index contributed by atoms with van der Waals surface area (Å²) in [5, 5.41) is 2.73. The molecule has 1 N–H and O–H groups in total. The van der Waals surface area contributed by atoms with Gasteiger partial charge in [-0.2, -0.15) is 17.6 Å². The molecule has 1 heterocycles. The average Bonchev–Trinajstić information content (AvgIpc) is 3.56. The molecule has 1 aliphatic carbocycles. The number of fused-ring (bicyclic) bond motifs is 1. The zero-order valence-electron chi connectivity index (χ0n) is 20.4. The third-order valence-electron chi connectivity index (χ3n) is 6.45. The predicted octanol–water partition coefficient (Wildman–Crippen LogP) is 7.75. The minimum Gasteiger partial charge on any atom is -0.454 e. The van der Waals surface area contributed by atoms with Crippen molar-refractivity contribution >= 4 is 22.5 Å². The Balaban J connectivity index is 1.53. The van der Waals surface area contributed by atoms with Gasteiger partial charge in [-0.05, 0) is 61.6 Å². The molecule has 198 valence electrons. The van der Waals surface area contributed by atoms with E-state index in [1.165, 1.54) is 24.5 Å². The number of benzene rings is 3. The van der Waals surface area contributed by atoms with Gasteiger partial charge in [-0.15, -0.1) is 0 Å². The number of hydrogen-bond donors (Lipinski definition) is 1. The number of aromatic nitrogens is 2. The molecule has 4 aromatic rings. The highest BCUT2D eigenvalue weighted by atomic mass is 19.4. The molecule has 1 saturated carbocycles. The van der Waals surface area contributed by atoms with E-state index >= 15 is 0 Å². The van der Waals surface area contributed by atoms with Gasteiger partial charge in [0.2, 0.25) is 5.82 Å². The lowest BCUT2D eigenvalue weighted by molar-refractivity contribution is -0.131. The maximum absolute atomic E-state index is 14.3. The van der Waals surface area contributed by atoms with Crippen molar-refractivity contribution in [3.63, 3.8) is 0 Å². The highest BCUT2D eigenvalue weighted by Crippen LogP contribution is 2.36. The molecule has 38 heavy (non-hydrogen) atoms. The van der Waals surface area contributed by atoms with Gasteiger partial charge in [0.1, 0.15) is 17.6 Å². The van der Waals surface area contributed by atoms with Gasteiger partial charge in [-0.3, -0.25) is 9.36 Å². The molecule has 5 nitrogen and oxygen atoms in total. The molecule has 0 spiro atoms. The second kappa shape index (κ2) is 10.1. The smallest absolute Gasteiger partial charge is 0.390 e. The second-order valence-corrected chi connectivity index (χ2v) is 9.47. The number of carbonyl (C=O) groups excluding carboxylic acids is 1. The molecule has 1 aromatic heterocycles. The molecule has 1 fully saturated rings. The van der Waals surface area contributed by atoms with Crippen LogP contribution in [0.25, 0.3) is 16.7 Å². The minimum atomic E-state index is -4.36. The van der Waals surface area contributed by atoms with Gasteiger partial charge in [-0.1, -0.05) is 6.07 Å². The molecule has 3 aromatic carbocycles. The van der Waals surface area contributed by atoms with Crippen LogP contribution in [0, 0.1) is 24.5 Å². The van der Waals surface area contributed by atoms with Gasteiger partial charge in [0.25, 0.3) is 0 Å². The lowest BCUT2D eigenvalue weighted by Gasteiger charge is -2.14. The minimum absolute atomic E-state index is 0.0752. The molecule has 0 atom stereocenters. The number of ether oxygens (including phenoxy) is 1. The summed E-state index contributed by atoms with van der Waals surface area (Å²) < 4.78 is 73.6. The molecule has 0 saturated heterocycles. The molecule has 5 rings (SSSR count). The van der Waals surface area contributed by atoms with Crippen molar-refractivity contribution < 1.29 is 31.5 Å². The van der Waals surface area contributed by atoms with Crippen LogP contribution in [0.4, 0.5) is 27.6 Å². The van der Waals surface area contributed by atoms with Crippen molar-refractivity contribution in [2.45, 2.75) is 38.8 Å². The van der Waals surface area contributed by atoms with Crippen LogP contribution in [0.3, 0.4) is 0 Å². The number of aryl methyl sites for hydroxylation is 1. The Hall–Kier alpha value is -3.95. The number of imidazole rings is 1. The van der Waals surface area contributed by atoms with E-state index in [0.29, 0.717) is 34.6 Å². The van der Waals surface area contributed by atoms with Crippen LogP contribution < -0.4 is 10.1 Å². The molecular formula is C28H24F5N3O2. The van der Waals surface area contributed by atoms with Crippen LogP contribution in [0.2, 0.25) is 0 Å². The van der Waals surface area contributed by atoms with Gasteiger partial charge < -0.3 is 10.1 Å². The molecule has 0 amide bonds. The summed E-state index contributed by atoms with van der Waals surface area (Å²) in [6, 6.07) is 11.8. The van der Waals surface area contributed by atoms with E-state index in [-0.39, 0.29) is 23.0 Å². The summed E-state index contributed by atoms with van der Waals surface area (Å²) in [6.45, 7) is 1.42. The van der Waals surface area contributed by atoms with Gasteiger partial charge in [0, 0.05) is 36.3 Å². The maximum atomic E-state index is 14.3. The van der Waals surface area contributed by atoms with Crippen molar-refractivity contribution in [3.8, 4) is 17.2 Å². The third-order valence-corrected chi connectivity index (χ3v) is 6.45. The number of hydrogen-bond acceptors (Lipinski definition) is 4. The largest absolute Gasteiger partial charge is 0.454 e. The van der Waals surface area contributed by atoms with E-state index in [0.717, 1.165) is 24.5 Å². The Bertz CT molecular complexity index is 1510. The Morgan fingerprint density at radius 3 is 2.63 bits per heavy atom. The normalized spacial score (nSPS) is 13.6. The number of alkyl halides is 3. The molecular weight excluding hydrogens is 505 g/mol. The second-order valence-electron chi connectivity index (χ2n) is 9.47. The molecule has 1 aliphatic rings. The summed E-state index contributed by atoms with van der Waals surface area (Å²) in [4.78, 5) is 17.0. The Morgan fingerprint density at radius 1 is 1.13 bits per heavy atom. The van der Waals surface area contributed by atoms with Gasteiger partial charge in [0.15, 0.2) is 17.3 Å². The number of anilines is 1. The Labute approximate surface area is 215 Å². The molecule has 10 heteroatoms. The maximum Gasteiger partial charge on any atom is 0.390 e. The zero-order chi connectivity index (χ0) is 27.0. The number of ketones is 1. The summed E-state index contributed by atoms with van der Waals surface area (Å²) in [5.41, 5.74) is 3.17. The van der Waals surface area contributed by atoms with Crippen molar-refractivity contribution in [1.82, 2.24) is 9.55 Å². The monoisotopic (exact) mass is 529 g/mol. The lowest BCUT2D eigenvalue weighted by Crippen LogP contribution is -2.14. The number of carbonyl (C=O) groups is 1. The van der Waals surface area contributed by atoms with Crippen LogP contribution in [-0.2, 0) is 0 Å². The fraction of sp³-hybridized carbons (Fsp3) is 0.286. The fourth-order valence-electron chi connectivity index (χ4n) is 4.32. The summed E-state index contributed by atoms with van der Waals surface area (Å²) in [5.74, 6) is -2.02. The van der Waals surface area contributed by atoms with Gasteiger partial charge >= 0.3 is 6.18 Å². The van der Waals surface area contributed by atoms with Crippen molar-refractivity contribution in [2.75, 3.05) is 11.9 Å². The van der Waals surface area contributed by atoms with Crippen LogP contribution in [0.15, 0.2) is 54.9 Å². The van der Waals surface area contributed by atoms with Crippen molar-refractivity contribution in [1.29, 1.82) is 0 Å². The highest BCUT2D eigenvalue weighted by Gasteiger charge is 2.27. The van der Waals surface area contributed by atoms with Crippen molar-refractivity contribution in [2.24, 2.45) is 5.92 Å². The van der Waals surface area contributed by atoms with Crippen LogP contribution in [0.1, 0.15) is 41.6 Å². The van der Waals surface area contributed by atoms with Gasteiger partial charge in [0.05, 0.1) is 17.6 Å². The summed E-state index contributed by atoms with van der Waals surface area (Å²) in [7, 11) is 0. The first kappa shape index (κ1) is 25.7. The topological polar surface area (TPSA) is 56.1 Å². The van der Waals surface area contributed by atoms with E-state index in [1.54, 1.807) is 22.8 Å². The first-order valence-electron chi connectivity index (χ1n) is 12.2. The number of nitrogens with one attached hydrogen (secondary N) is 1. The molecule has 0 radical (unpaired) electrons. The quantitative estimate of drug-likeness (QED) is 0.178. The van der Waals surface area contributed by atoms with E-state index in [9.17, 15) is 26.7 Å². The van der Waals surface area contributed by atoms with E-state index in [2.05, 4.69) is 10.3 Å². The van der Waals surface area contributed by atoms with Crippen molar-refractivity contribution in [3.05, 3.63) is 77.6 Å². The number of Topliss-reactive ketones (excluding diaryl/α,β-unsaturated/α-hetero) is 1. The SMILES string of the molecule is Cc1cc(-n2cnc3c(NCCC(F)(F)F)cc(Oc4cccc(F)c4F)cc32)ccc1C(=O)CC1CC1. The number of rotatable bonds is 9. The fourth-order valence-corrected chi connectivity index (χ4v) is 4.32.